The van der Waals surface area contributed by atoms with Crippen LogP contribution in [-0.2, 0) is 6.42 Å². The predicted molar refractivity (Wildman–Crippen MR) is 135 cm³/mol. The van der Waals surface area contributed by atoms with Gasteiger partial charge in [-0.25, -0.2) is 9.97 Å². The van der Waals surface area contributed by atoms with Crippen molar-refractivity contribution in [1.29, 1.82) is 0 Å². The van der Waals surface area contributed by atoms with Gasteiger partial charge in [-0.05, 0) is 67.0 Å². The number of rotatable bonds is 5. The molecule has 0 amide bonds. The maximum Gasteiger partial charge on any atom is 0.188 e. The van der Waals surface area contributed by atoms with E-state index in [2.05, 4.69) is 92.6 Å². The summed E-state index contributed by atoms with van der Waals surface area (Å²) in [6, 6.07) is 17.4. The molecule has 2 aromatic carbocycles. The number of benzene rings is 2. The number of fused-ring (bicyclic) bond motifs is 1. The lowest BCUT2D eigenvalue weighted by molar-refractivity contribution is 0.784. The molecule has 4 nitrogen and oxygen atoms in total. The van der Waals surface area contributed by atoms with Crippen LogP contribution < -0.4 is 9.80 Å². The highest BCUT2D eigenvalue weighted by atomic mass is 32.2. The van der Waals surface area contributed by atoms with Gasteiger partial charge in [0.05, 0.1) is 11.4 Å². The summed E-state index contributed by atoms with van der Waals surface area (Å²) in [6.07, 6.45) is 7.54. The zero-order chi connectivity index (χ0) is 22.0. The van der Waals surface area contributed by atoms with Gasteiger partial charge in [-0.2, -0.15) is 0 Å². The van der Waals surface area contributed by atoms with Crippen LogP contribution in [0, 0.1) is 0 Å². The van der Waals surface area contributed by atoms with E-state index >= 15 is 0 Å². The van der Waals surface area contributed by atoms with E-state index in [1.165, 1.54) is 28.1 Å². The van der Waals surface area contributed by atoms with Crippen LogP contribution in [0.2, 0.25) is 0 Å². The molecule has 0 fully saturated rings. The van der Waals surface area contributed by atoms with E-state index in [0.717, 1.165) is 41.4 Å². The highest BCUT2D eigenvalue weighted by Gasteiger charge is 2.22. The molecule has 0 saturated carbocycles. The first-order valence-electron chi connectivity index (χ1n) is 10.7. The summed E-state index contributed by atoms with van der Waals surface area (Å²) in [7, 11) is 8.27. The molecule has 0 radical (unpaired) electrons. The van der Waals surface area contributed by atoms with E-state index in [-0.39, 0.29) is 0 Å². The molecule has 4 rings (SSSR count). The zero-order valence-electron chi connectivity index (χ0n) is 19.0. The second-order valence-electron chi connectivity index (χ2n) is 8.34. The summed E-state index contributed by atoms with van der Waals surface area (Å²) in [5.41, 5.74) is 9.56. The fourth-order valence-corrected chi connectivity index (χ4v) is 4.36. The molecule has 5 heteroatoms. The van der Waals surface area contributed by atoms with Gasteiger partial charge in [0.1, 0.15) is 0 Å². The Labute approximate surface area is 190 Å². The largest absolute Gasteiger partial charge is 0.378 e. The van der Waals surface area contributed by atoms with Crippen LogP contribution in [0.15, 0.2) is 53.7 Å². The first-order chi connectivity index (χ1) is 15.0. The molecule has 3 aromatic rings. The highest BCUT2D eigenvalue weighted by Crippen LogP contribution is 2.37. The minimum atomic E-state index is 0.834. The molecule has 1 heterocycles. The number of allylic oxidation sites excluding steroid dienone is 1. The Morgan fingerprint density at radius 2 is 1.35 bits per heavy atom. The second kappa shape index (κ2) is 9.15. The quantitative estimate of drug-likeness (QED) is 0.373. The Morgan fingerprint density at radius 3 is 1.94 bits per heavy atom. The molecular weight excluding hydrogens is 400 g/mol. The SMILES string of the molecule is CSc1nc2c(c(-c3ccc(N(C)C)cc3)n1)CCC/C2=C\c1ccc(N(C)C)cc1. The normalized spacial score (nSPS) is 14.4. The van der Waals surface area contributed by atoms with Crippen molar-refractivity contribution >= 4 is 34.8 Å². The van der Waals surface area contributed by atoms with Gasteiger partial charge < -0.3 is 9.80 Å². The van der Waals surface area contributed by atoms with Crippen molar-refractivity contribution in [1.82, 2.24) is 9.97 Å². The smallest absolute Gasteiger partial charge is 0.188 e. The van der Waals surface area contributed by atoms with Crippen LogP contribution in [0.25, 0.3) is 22.9 Å². The maximum absolute atomic E-state index is 4.95. The number of nitrogens with zero attached hydrogens (tertiary/aromatic N) is 4. The first-order valence-corrected chi connectivity index (χ1v) is 11.9. The molecule has 0 aliphatic heterocycles. The minimum Gasteiger partial charge on any atom is -0.378 e. The third-order valence-corrected chi connectivity index (χ3v) is 6.30. The van der Waals surface area contributed by atoms with Gasteiger partial charge in [-0.3, -0.25) is 0 Å². The molecule has 0 atom stereocenters. The van der Waals surface area contributed by atoms with Crippen molar-refractivity contribution in [3.63, 3.8) is 0 Å². The Morgan fingerprint density at radius 1 is 0.774 bits per heavy atom. The van der Waals surface area contributed by atoms with Gasteiger partial charge in [0, 0.05) is 50.7 Å². The molecule has 0 saturated heterocycles. The lowest BCUT2D eigenvalue weighted by Crippen LogP contribution is -2.10. The summed E-state index contributed by atoms with van der Waals surface area (Å²) < 4.78 is 0. The van der Waals surface area contributed by atoms with Crippen LogP contribution in [0.1, 0.15) is 29.7 Å². The summed E-state index contributed by atoms with van der Waals surface area (Å²) in [5, 5.41) is 0.834. The van der Waals surface area contributed by atoms with Crippen molar-refractivity contribution in [2.24, 2.45) is 0 Å². The van der Waals surface area contributed by atoms with Gasteiger partial charge in [-0.15, -0.1) is 0 Å². The Hall–Kier alpha value is -2.79. The van der Waals surface area contributed by atoms with Crippen molar-refractivity contribution in [2.45, 2.75) is 24.4 Å². The van der Waals surface area contributed by atoms with Crippen molar-refractivity contribution in [3.05, 3.63) is 65.4 Å². The van der Waals surface area contributed by atoms with Gasteiger partial charge in [0.25, 0.3) is 0 Å². The summed E-state index contributed by atoms with van der Waals surface area (Å²) >= 11 is 1.61. The molecular formula is C26H30N4S. The molecule has 1 aliphatic rings. The van der Waals surface area contributed by atoms with Crippen LogP contribution in [0.3, 0.4) is 0 Å². The van der Waals surface area contributed by atoms with Gasteiger partial charge in [0.15, 0.2) is 5.16 Å². The lowest BCUT2D eigenvalue weighted by Gasteiger charge is -2.22. The van der Waals surface area contributed by atoms with Crippen LogP contribution in [0.4, 0.5) is 11.4 Å². The molecule has 31 heavy (non-hydrogen) atoms. The van der Waals surface area contributed by atoms with Crippen molar-refractivity contribution < 1.29 is 0 Å². The minimum absolute atomic E-state index is 0.834. The number of thioether (sulfide) groups is 1. The predicted octanol–water partition coefficient (Wildman–Crippen LogP) is 5.87. The van der Waals surface area contributed by atoms with E-state index in [0.29, 0.717) is 0 Å². The number of hydrogen-bond donors (Lipinski definition) is 0. The first kappa shape index (κ1) is 21.4. The monoisotopic (exact) mass is 430 g/mol. The maximum atomic E-state index is 4.95. The summed E-state index contributed by atoms with van der Waals surface area (Å²) in [6.45, 7) is 0. The summed E-state index contributed by atoms with van der Waals surface area (Å²) in [5.74, 6) is 0. The van der Waals surface area contributed by atoms with E-state index < -0.39 is 0 Å². The topological polar surface area (TPSA) is 32.3 Å². The zero-order valence-corrected chi connectivity index (χ0v) is 19.8. The highest BCUT2D eigenvalue weighted by molar-refractivity contribution is 7.98. The number of anilines is 2. The molecule has 0 unspecified atom stereocenters. The molecule has 0 spiro atoms. The third-order valence-electron chi connectivity index (χ3n) is 5.75. The molecule has 1 aliphatic carbocycles. The van der Waals surface area contributed by atoms with Gasteiger partial charge in [0.2, 0.25) is 0 Å². The fourth-order valence-electron chi connectivity index (χ4n) is 4.00. The van der Waals surface area contributed by atoms with Crippen LogP contribution >= 0.6 is 11.8 Å². The third kappa shape index (κ3) is 4.62. The lowest BCUT2D eigenvalue weighted by atomic mass is 9.87. The van der Waals surface area contributed by atoms with Crippen molar-refractivity contribution in [3.8, 4) is 11.3 Å². The van der Waals surface area contributed by atoms with Crippen LogP contribution in [-0.4, -0.2) is 44.4 Å². The number of aromatic nitrogens is 2. The standard InChI is InChI=1S/C26H30N4S/c1-29(2)21-13-9-18(10-14-21)17-20-7-6-8-23-24(27-26(31-5)28-25(20)23)19-11-15-22(16-12-19)30(3)4/h9-17H,6-8H2,1-5H3/b20-17+. The van der Waals surface area contributed by atoms with E-state index in [1.54, 1.807) is 11.8 Å². The van der Waals surface area contributed by atoms with E-state index in [9.17, 15) is 0 Å². The fraction of sp³-hybridized carbons (Fsp3) is 0.308. The van der Waals surface area contributed by atoms with Crippen LogP contribution in [0.5, 0.6) is 0 Å². The molecule has 0 N–H and O–H groups in total. The van der Waals surface area contributed by atoms with E-state index in [4.69, 9.17) is 9.97 Å². The van der Waals surface area contributed by atoms with Gasteiger partial charge in [-0.1, -0.05) is 36.0 Å². The average Bonchev–Trinajstić information content (AvgIpc) is 2.79. The molecule has 160 valence electrons. The Balaban J connectivity index is 1.78. The average molecular weight is 431 g/mol. The van der Waals surface area contributed by atoms with Crippen molar-refractivity contribution in [2.75, 3.05) is 44.2 Å². The molecule has 0 bridgehead atoms. The Bertz CT molecular complexity index is 1080. The Kier molecular flexibility index (Phi) is 6.33. The molecule has 1 aromatic heterocycles. The summed E-state index contributed by atoms with van der Waals surface area (Å²) in [4.78, 5) is 14.1. The van der Waals surface area contributed by atoms with Gasteiger partial charge >= 0.3 is 0 Å². The second-order valence-corrected chi connectivity index (χ2v) is 9.11. The van der Waals surface area contributed by atoms with E-state index in [1.807, 2.05) is 6.26 Å². The number of hydrogen-bond acceptors (Lipinski definition) is 5.